The van der Waals surface area contributed by atoms with Gasteiger partial charge in [0.15, 0.2) is 0 Å². The number of carbonyl (C=O) groups excluding carboxylic acids is 2. The Balaban J connectivity index is 2.04. The number of rotatable bonds is 3. The van der Waals surface area contributed by atoms with Crippen LogP contribution in [-0.4, -0.2) is 48.0 Å². The third-order valence-electron chi connectivity index (χ3n) is 4.81. The van der Waals surface area contributed by atoms with E-state index in [4.69, 9.17) is 4.74 Å². The van der Waals surface area contributed by atoms with Gasteiger partial charge in [-0.25, -0.2) is 14.6 Å². The van der Waals surface area contributed by atoms with Gasteiger partial charge >= 0.3 is 12.0 Å². The largest absolute Gasteiger partial charge is 0.466 e. The van der Waals surface area contributed by atoms with Gasteiger partial charge in [-0.2, -0.15) is 0 Å². The molecule has 2 aliphatic rings. The molecule has 0 N–H and O–H groups in total. The fourth-order valence-electron chi connectivity index (χ4n) is 3.04. The molecule has 0 aromatic carbocycles. The highest BCUT2D eigenvalue weighted by Crippen LogP contribution is 2.43. The van der Waals surface area contributed by atoms with Gasteiger partial charge in [0.2, 0.25) is 0 Å². The highest BCUT2D eigenvalue weighted by molar-refractivity contribution is 7.11. The number of aromatic nitrogens is 1. The molecule has 0 radical (unpaired) electrons. The maximum Gasteiger partial charge on any atom is 0.338 e. The van der Waals surface area contributed by atoms with Crippen molar-refractivity contribution in [3.63, 3.8) is 0 Å². The second-order valence-electron chi connectivity index (χ2n) is 6.07. The van der Waals surface area contributed by atoms with Crippen LogP contribution in [0.5, 0.6) is 0 Å². The molecule has 2 amide bonds. The zero-order valence-corrected chi connectivity index (χ0v) is 14.6. The number of nitrogens with zero attached hydrogens (tertiary/aromatic N) is 3. The lowest BCUT2D eigenvalue weighted by molar-refractivity contribution is -0.137. The SMILES string of the molecule is COC(=O)C1=C(C)N(C)C(=O)N(C)[C@H]1c1cnc(C2CCC2)s1. The standard InChI is InChI=1S/C16H21N3O3S/c1-9-12(15(20)22-4)13(19(3)16(21)18(9)2)11-8-17-14(23-11)10-6-5-7-10/h8,10,13H,5-7H2,1-4H3/t13-/m0/s1. The molecule has 1 aliphatic carbocycles. The van der Waals surface area contributed by atoms with Crippen LogP contribution < -0.4 is 0 Å². The molecule has 0 unspecified atom stereocenters. The van der Waals surface area contributed by atoms with Crippen LogP contribution in [0, 0.1) is 0 Å². The van der Waals surface area contributed by atoms with Crippen molar-refractivity contribution in [3.8, 4) is 0 Å². The number of carbonyl (C=O) groups is 2. The molecule has 124 valence electrons. The Bertz CT molecular complexity index is 678. The van der Waals surface area contributed by atoms with E-state index in [-0.39, 0.29) is 6.03 Å². The van der Waals surface area contributed by atoms with E-state index >= 15 is 0 Å². The van der Waals surface area contributed by atoms with Gasteiger partial charge in [0.1, 0.15) is 6.04 Å². The predicted molar refractivity (Wildman–Crippen MR) is 87.1 cm³/mol. The molecule has 0 bridgehead atoms. The Morgan fingerprint density at radius 2 is 2.09 bits per heavy atom. The third-order valence-corrected chi connectivity index (χ3v) is 6.03. The minimum Gasteiger partial charge on any atom is -0.466 e. The van der Waals surface area contributed by atoms with Gasteiger partial charge in [-0.05, 0) is 19.8 Å². The normalized spacial score (nSPS) is 22.4. The van der Waals surface area contributed by atoms with Gasteiger partial charge in [0.05, 0.1) is 22.6 Å². The summed E-state index contributed by atoms with van der Waals surface area (Å²) < 4.78 is 4.95. The van der Waals surface area contributed by atoms with Gasteiger partial charge in [0.25, 0.3) is 0 Å². The zero-order chi connectivity index (χ0) is 16.7. The number of thiazole rings is 1. The fourth-order valence-corrected chi connectivity index (χ4v) is 4.28. The summed E-state index contributed by atoms with van der Waals surface area (Å²) in [6.45, 7) is 1.78. The highest BCUT2D eigenvalue weighted by Gasteiger charge is 2.40. The van der Waals surface area contributed by atoms with Crippen LogP contribution in [0.15, 0.2) is 17.5 Å². The quantitative estimate of drug-likeness (QED) is 0.797. The molecule has 0 spiro atoms. The Labute approximate surface area is 139 Å². The molecule has 2 heterocycles. The number of hydrogen-bond acceptors (Lipinski definition) is 5. The van der Waals surface area contributed by atoms with E-state index in [0.717, 1.165) is 9.88 Å². The van der Waals surface area contributed by atoms with Crippen molar-refractivity contribution in [1.29, 1.82) is 0 Å². The number of allylic oxidation sites excluding steroid dienone is 1. The lowest BCUT2D eigenvalue weighted by Crippen LogP contribution is -2.47. The molecule has 7 heteroatoms. The Hall–Kier alpha value is -1.89. The van der Waals surface area contributed by atoms with Crippen LogP contribution >= 0.6 is 11.3 Å². The van der Waals surface area contributed by atoms with Gasteiger partial charge in [-0.3, -0.25) is 0 Å². The average molecular weight is 335 g/mol. The van der Waals surface area contributed by atoms with E-state index in [0.29, 0.717) is 17.2 Å². The predicted octanol–water partition coefficient (Wildman–Crippen LogP) is 2.90. The molecule has 1 saturated carbocycles. The molecule has 6 nitrogen and oxygen atoms in total. The summed E-state index contributed by atoms with van der Waals surface area (Å²) in [6.07, 6.45) is 5.40. The van der Waals surface area contributed by atoms with Crippen molar-refractivity contribution in [2.45, 2.75) is 38.1 Å². The van der Waals surface area contributed by atoms with Crippen LogP contribution in [-0.2, 0) is 9.53 Å². The Kier molecular flexibility index (Phi) is 4.14. The van der Waals surface area contributed by atoms with Gasteiger partial charge in [0, 0.05) is 31.9 Å². The van der Waals surface area contributed by atoms with Crippen LogP contribution in [0.25, 0.3) is 0 Å². The lowest BCUT2D eigenvalue weighted by Gasteiger charge is -2.38. The monoisotopic (exact) mass is 335 g/mol. The molecule has 1 fully saturated rings. The highest BCUT2D eigenvalue weighted by atomic mass is 32.1. The lowest BCUT2D eigenvalue weighted by atomic mass is 9.86. The molecule has 1 aliphatic heterocycles. The molecule has 1 atom stereocenters. The maximum absolute atomic E-state index is 12.4. The molecule has 1 aromatic heterocycles. The first kappa shape index (κ1) is 16.0. The molecular weight excluding hydrogens is 314 g/mol. The van der Waals surface area contributed by atoms with Crippen LogP contribution in [0.4, 0.5) is 4.79 Å². The summed E-state index contributed by atoms with van der Waals surface area (Å²) in [6, 6.07) is -0.573. The number of likely N-dealkylation sites (N-methyl/N-ethyl adjacent to an activating group) is 1. The van der Waals surface area contributed by atoms with Gasteiger partial charge in [-0.1, -0.05) is 6.42 Å². The number of methoxy groups -OCH3 is 1. The van der Waals surface area contributed by atoms with E-state index in [9.17, 15) is 9.59 Å². The summed E-state index contributed by atoms with van der Waals surface area (Å²) in [5.74, 6) is 0.130. The minimum atomic E-state index is -0.433. The minimum absolute atomic E-state index is 0.140. The van der Waals surface area contributed by atoms with Crippen molar-refractivity contribution < 1.29 is 14.3 Å². The Morgan fingerprint density at radius 1 is 1.39 bits per heavy atom. The molecule has 1 aromatic rings. The third kappa shape index (κ3) is 2.52. The summed E-state index contributed by atoms with van der Waals surface area (Å²) in [5, 5.41) is 1.10. The number of urea groups is 1. The zero-order valence-electron chi connectivity index (χ0n) is 13.8. The van der Waals surface area contributed by atoms with Crippen molar-refractivity contribution in [2.24, 2.45) is 0 Å². The second-order valence-corrected chi connectivity index (χ2v) is 7.17. The summed E-state index contributed by atoms with van der Waals surface area (Å²) in [5.41, 5.74) is 1.13. The first-order chi connectivity index (χ1) is 11.0. The van der Waals surface area contributed by atoms with E-state index in [1.54, 1.807) is 43.5 Å². The molecule has 23 heavy (non-hydrogen) atoms. The summed E-state index contributed by atoms with van der Waals surface area (Å²) in [4.78, 5) is 33.2. The number of esters is 1. The maximum atomic E-state index is 12.4. The molecular formula is C16H21N3O3S. The van der Waals surface area contributed by atoms with Crippen LogP contribution in [0.1, 0.15) is 48.0 Å². The summed E-state index contributed by atoms with van der Waals surface area (Å²) in [7, 11) is 4.74. The fraction of sp³-hybridized carbons (Fsp3) is 0.562. The van der Waals surface area contributed by atoms with E-state index < -0.39 is 12.0 Å². The number of amides is 2. The molecule has 0 saturated heterocycles. The average Bonchev–Trinajstić information content (AvgIpc) is 2.94. The number of ether oxygens (including phenoxy) is 1. The van der Waals surface area contributed by atoms with E-state index in [1.165, 1.54) is 31.3 Å². The van der Waals surface area contributed by atoms with Crippen molar-refractivity contribution >= 4 is 23.3 Å². The van der Waals surface area contributed by atoms with Crippen molar-refractivity contribution in [1.82, 2.24) is 14.8 Å². The van der Waals surface area contributed by atoms with Gasteiger partial charge < -0.3 is 14.5 Å². The van der Waals surface area contributed by atoms with Crippen LogP contribution in [0.2, 0.25) is 0 Å². The van der Waals surface area contributed by atoms with Crippen LogP contribution in [0.3, 0.4) is 0 Å². The van der Waals surface area contributed by atoms with E-state index in [2.05, 4.69) is 4.98 Å². The van der Waals surface area contributed by atoms with E-state index in [1.807, 2.05) is 0 Å². The molecule has 3 rings (SSSR count). The second kappa shape index (κ2) is 5.96. The Morgan fingerprint density at radius 3 is 2.65 bits per heavy atom. The summed E-state index contributed by atoms with van der Waals surface area (Å²) >= 11 is 1.60. The van der Waals surface area contributed by atoms with Gasteiger partial charge in [-0.15, -0.1) is 11.3 Å². The number of hydrogen-bond donors (Lipinski definition) is 0. The topological polar surface area (TPSA) is 62.7 Å². The first-order valence-corrected chi connectivity index (χ1v) is 8.52. The van der Waals surface area contributed by atoms with Crippen molar-refractivity contribution in [3.05, 3.63) is 27.4 Å². The first-order valence-electron chi connectivity index (χ1n) is 7.71. The smallest absolute Gasteiger partial charge is 0.338 e. The van der Waals surface area contributed by atoms with Crippen molar-refractivity contribution in [2.75, 3.05) is 21.2 Å².